The molecule has 0 aliphatic heterocycles. The van der Waals surface area contributed by atoms with Crippen LogP contribution in [-0.2, 0) is 33.7 Å². The predicted octanol–water partition coefficient (Wildman–Crippen LogP) is 6.03. The van der Waals surface area contributed by atoms with Crippen LogP contribution in [0.1, 0.15) is 48.2 Å². The van der Waals surface area contributed by atoms with E-state index in [0.29, 0.717) is 43.0 Å². The van der Waals surface area contributed by atoms with Gasteiger partial charge in [0, 0.05) is 16.9 Å². The van der Waals surface area contributed by atoms with Gasteiger partial charge in [-0.25, -0.2) is 13.4 Å². The number of carbonyl (C=O) groups is 1. The summed E-state index contributed by atoms with van der Waals surface area (Å²) < 4.78 is 47.0. The maximum atomic E-state index is 12.5. The molecule has 0 fully saturated rings. The summed E-state index contributed by atoms with van der Waals surface area (Å²) in [6.45, 7) is 4.49. The Kier molecular flexibility index (Phi) is 12.6. The van der Waals surface area contributed by atoms with E-state index >= 15 is 0 Å². The minimum absolute atomic E-state index is 0.0378. The van der Waals surface area contributed by atoms with Gasteiger partial charge < -0.3 is 24.3 Å². The van der Waals surface area contributed by atoms with Crippen molar-refractivity contribution in [3.05, 3.63) is 106 Å². The highest BCUT2D eigenvalue weighted by atomic mass is 31.3. The average molecular weight is 600 g/mol. The van der Waals surface area contributed by atoms with E-state index in [2.05, 4.69) is 8.62 Å². The highest BCUT2D eigenvalue weighted by Crippen LogP contribution is 2.66. The molecule has 4 N–H and O–H groups in total. The first kappa shape index (κ1) is 32.9. The Balaban J connectivity index is 1.75. The monoisotopic (exact) mass is 600 g/mol. The van der Waals surface area contributed by atoms with E-state index in [1.54, 1.807) is 31.2 Å². The summed E-state index contributed by atoms with van der Waals surface area (Å²) in [6, 6.07) is 16.3. The lowest BCUT2D eigenvalue weighted by molar-refractivity contribution is 0.103. The van der Waals surface area contributed by atoms with Gasteiger partial charge in [-0.3, -0.25) is 9.36 Å². The third-order valence-electron chi connectivity index (χ3n) is 4.97. The summed E-state index contributed by atoms with van der Waals surface area (Å²) in [5.74, 6) is 0.561. The van der Waals surface area contributed by atoms with Crippen LogP contribution in [-0.4, -0.2) is 32.0 Å². The second-order valence-electron chi connectivity index (χ2n) is 8.52. The van der Waals surface area contributed by atoms with E-state index in [1.165, 1.54) is 6.08 Å². The molecule has 0 spiro atoms. The molecule has 0 aliphatic carbocycles. The van der Waals surface area contributed by atoms with Crippen molar-refractivity contribution in [2.45, 2.75) is 33.3 Å². The second kappa shape index (κ2) is 14.9. The minimum Gasteiger partial charge on any atom is -0.372 e. The quantitative estimate of drug-likeness (QED) is 0.0812. The van der Waals surface area contributed by atoms with Crippen LogP contribution in [0.25, 0.3) is 0 Å². The number of hydrogen-bond donors (Lipinski definition) is 4. The van der Waals surface area contributed by atoms with E-state index < -0.39 is 23.2 Å². The smallest absolute Gasteiger partial charge is 0.372 e. The van der Waals surface area contributed by atoms with E-state index in [-0.39, 0.29) is 5.78 Å². The number of ketones is 1. The Bertz CT molecular complexity index is 1340. The fourth-order valence-corrected chi connectivity index (χ4v) is 6.33. The van der Waals surface area contributed by atoms with Crippen LogP contribution < -0.4 is 0 Å². The van der Waals surface area contributed by atoms with Crippen LogP contribution in [0.2, 0.25) is 0 Å². The number of benzene rings is 2. The number of phosphoric acid groups is 2. The Morgan fingerprint density at radius 2 is 1.46 bits per heavy atom. The van der Waals surface area contributed by atoms with Crippen molar-refractivity contribution >= 4 is 29.0 Å². The maximum absolute atomic E-state index is 12.5. The normalized spacial score (nSPS) is 16.2. The molecule has 0 aromatic heterocycles. The highest BCUT2D eigenvalue weighted by molar-refractivity contribution is 7.69. The van der Waals surface area contributed by atoms with Gasteiger partial charge in [-0.05, 0) is 32.3 Å². The topological polar surface area (TPSA) is 177 Å². The average Bonchev–Trinajstić information content (AvgIpc) is 2.82. The molecule has 14 heteroatoms. The van der Waals surface area contributed by atoms with Gasteiger partial charge in [0.15, 0.2) is 5.78 Å². The lowest BCUT2D eigenvalue weighted by Gasteiger charge is -2.13. The van der Waals surface area contributed by atoms with Crippen molar-refractivity contribution in [1.82, 2.24) is 0 Å². The highest BCUT2D eigenvalue weighted by Gasteiger charge is 2.38. The number of hydrogen-bond acceptors (Lipinski definition) is 7. The van der Waals surface area contributed by atoms with E-state index in [4.69, 9.17) is 19.4 Å². The number of ether oxygens (including phenoxy) is 1. The van der Waals surface area contributed by atoms with Gasteiger partial charge in [0.25, 0.3) is 0 Å². The van der Waals surface area contributed by atoms with Gasteiger partial charge in [-0.1, -0.05) is 84.0 Å². The molecule has 2 atom stereocenters. The lowest BCUT2D eigenvalue weighted by Crippen LogP contribution is -2.02. The summed E-state index contributed by atoms with van der Waals surface area (Å²) in [5.41, 5.74) is 4.01. The maximum Gasteiger partial charge on any atom is 0.488 e. The van der Waals surface area contributed by atoms with Gasteiger partial charge >= 0.3 is 23.2 Å². The molecule has 212 valence electrons. The van der Waals surface area contributed by atoms with E-state index in [1.807, 2.05) is 43.3 Å². The molecule has 39 heavy (non-hydrogen) atoms. The third kappa shape index (κ3) is 13.6. The van der Waals surface area contributed by atoms with E-state index in [9.17, 15) is 23.4 Å². The fraction of sp³-hybridized carbons (Fsp3) is 0.240. The standard InChI is InChI=1S/C25H31O11P3/c1-20(10-7-17-37(27,28)35-39(32,33)36-38(29,30)31)8-6-9-21(2)18-34-19-22-13-15-24(16-14-22)25(26)23-11-4-3-5-12-23/h3-5,7,9-17H,6,8,18-19H2,1-2H3,(H,27,28)(H,32,33)(H2,29,30,31). The van der Waals surface area contributed by atoms with Crippen LogP contribution in [0.4, 0.5) is 0 Å². The van der Waals surface area contributed by atoms with Crippen molar-refractivity contribution < 1.29 is 51.4 Å². The third-order valence-corrected chi connectivity index (χ3v) is 8.95. The van der Waals surface area contributed by atoms with Crippen LogP contribution in [0, 0.1) is 0 Å². The Labute approximate surface area is 226 Å². The zero-order valence-electron chi connectivity index (χ0n) is 21.3. The fourth-order valence-electron chi connectivity index (χ4n) is 3.17. The van der Waals surface area contributed by atoms with Gasteiger partial charge in [0.2, 0.25) is 0 Å². The molecule has 0 saturated heterocycles. The van der Waals surface area contributed by atoms with Crippen LogP contribution in [0.15, 0.2) is 89.8 Å². The zero-order chi connectivity index (χ0) is 29.1. The SMILES string of the molecule is CC(=CC=CP(=O)(O)OP(=O)(O)OP(=O)(O)O)CCC=C(C)COCc1ccc(C(=O)c2ccccc2)cc1. The Morgan fingerprint density at radius 1 is 0.846 bits per heavy atom. The van der Waals surface area contributed by atoms with Gasteiger partial charge in [-0.2, -0.15) is 4.31 Å². The van der Waals surface area contributed by atoms with Crippen molar-refractivity contribution in [2.75, 3.05) is 6.61 Å². The number of allylic oxidation sites excluding steroid dienone is 4. The zero-order valence-corrected chi connectivity index (χ0v) is 24.0. The van der Waals surface area contributed by atoms with Crippen molar-refractivity contribution in [2.24, 2.45) is 0 Å². The van der Waals surface area contributed by atoms with Gasteiger partial charge in [-0.15, -0.1) is 0 Å². The molecule has 2 rings (SSSR count). The summed E-state index contributed by atoms with van der Waals surface area (Å²) in [5, 5.41) is 0. The summed E-state index contributed by atoms with van der Waals surface area (Å²) in [6.07, 6.45) is 5.88. The summed E-state index contributed by atoms with van der Waals surface area (Å²) >= 11 is 0. The first-order valence-corrected chi connectivity index (χ1v) is 16.2. The first-order valence-electron chi connectivity index (χ1n) is 11.6. The molecule has 0 radical (unpaired) electrons. The molecule has 11 nitrogen and oxygen atoms in total. The van der Waals surface area contributed by atoms with Gasteiger partial charge in [0.1, 0.15) is 0 Å². The molecule has 2 aromatic carbocycles. The number of rotatable bonds is 15. The van der Waals surface area contributed by atoms with Crippen LogP contribution in [0.5, 0.6) is 0 Å². The summed E-state index contributed by atoms with van der Waals surface area (Å²) in [4.78, 5) is 48.3. The molecule has 2 aromatic rings. The van der Waals surface area contributed by atoms with Gasteiger partial charge in [0.05, 0.1) is 13.2 Å². The van der Waals surface area contributed by atoms with Crippen LogP contribution >= 0.6 is 23.2 Å². The molecular formula is C25H31O11P3. The molecule has 0 aliphatic rings. The predicted molar refractivity (Wildman–Crippen MR) is 146 cm³/mol. The molecule has 0 heterocycles. The summed E-state index contributed by atoms with van der Waals surface area (Å²) in [7, 11) is -15.7. The van der Waals surface area contributed by atoms with E-state index in [0.717, 1.165) is 22.8 Å². The van der Waals surface area contributed by atoms with Crippen molar-refractivity contribution in [1.29, 1.82) is 0 Å². The van der Waals surface area contributed by atoms with Crippen molar-refractivity contribution in [3.8, 4) is 0 Å². The molecule has 0 bridgehead atoms. The molecule has 0 saturated carbocycles. The molecule has 2 unspecified atom stereocenters. The molecular weight excluding hydrogens is 569 g/mol. The molecule has 0 amide bonds. The Hall–Kier alpha value is -2.26. The second-order valence-corrected chi connectivity index (χ2v) is 13.2. The largest absolute Gasteiger partial charge is 0.488 e. The van der Waals surface area contributed by atoms with Crippen molar-refractivity contribution in [3.63, 3.8) is 0 Å². The Morgan fingerprint density at radius 3 is 2.08 bits per heavy atom. The minimum atomic E-state index is -5.46. The first-order chi connectivity index (χ1) is 18.2. The number of carbonyl (C=O) groups excluding carboxylic acids is 1. The van der Waals surface area contributed by atoms with Crippen LogP contribution in [0.3, 0.4) is 0 Å². The lowest BCUT2D eigenvalue weighted by atomic mass is 10.0.